The van der Waals surface area contributed by atoms with Crippen LogP contribution >= 0.6 is 11.3 Å². The van der Waals surface area contributed by atoms with Gasteiger partial charge in [0, 0.05) is 10.9 Å². The van der Waals surface area contributed by atoms with Gasteiger partial charge in [-0.3, -0.25) is 0 Å². The Labute approximate surface area is 110 Å². The highest BCUT2D eigenvalue weighted by Gasteiger charge is 2.18. The van der Waals surface area contributed by atoms with Crippen molar-refractivity contribution in [1.29, 1.82) is 0 Å². The van der Waals surface area contributed by atoms with E-state index < -0.39 is 0 Å². The van der Waals surface area contributed by atoms with E-state index in [-0.39, 0.29) is 0 Å². The molecule has 0 amide bonds. The molecule has 0 fully saturated rings. The molecule has 2 nitrogen and oxygen atoms in total. The topological polar surface area (TPSA) is 24.9 Å². The summed E-state index contributed by atoms with van der Waals surface area (Å²) < 4.78 is 0. The van der Waals surface area contributed by atoms with Crippen LogP contribution in [0.3, 0.4) is 0 Å². The molecule has 0 saturated carbocycles. The second kappa shape index (κ2) is 7.12. The Morgan fingerprint density at radius 1 is 1.29 bits per heavy atom. The van der Waals surface area contributed by atoms with Crippen LogP contribution < -0.4 is 5.32 Å². The van der Waals surface area contributed by atoms with E-state index in [1.807, 2.05) is 11.3 Å². The van der Waals surface area contributed by atoms with Gasteiger partial charge < -0.3 is 5.32 Å². The molecule has 2 unspecified atom stereocenters. The SMILES string of the molecule is CCCNC(CC(C)CC)c1sc(C)nc1C. The fourth-order valence-electron chi connectivity index (χ4n) is 2.04. The summed E-state index contributed by atoms with van der Waals surface area (Å²) in [6.07, 6.45) is 3.66. The van der Waals surface area contributed by atoms with Gasteiger partial charge in [-0.25, -0.2) is 4.98 Å². The predicted octanol–water partition coefficient (Wildman–Crippen LogP) is 4.24. The van der Waals surface area contributed by atoms with Crippen LogP contribution in [0.1, 0.15) is 61.7 Å². The van der Waals surface area contributed by atoms with Crippen molar-refractivity contribution >= 4 is 11.3 Å². The molecule has 1 rings (SSSR count). The molecule has 0 aliphatic carbocycles. The monoisotopic (exact) mass is 254 g/mol. The van der Waals surface area contributed by atoms with Crippen molar-refractivity contribution < 1.29 is 0 Å². The van der Waals surface area contributed by atoms with Crippen molar-refractivity contribution in [2.24, 2.45) is 5.92 Å². The first-order chi connectivity index (χ1) is 8.08. The van der Waals surface area contributed by atoms with E-state index in [1.165, 1.54) is 34.8 Å². The number of aryl methyl sites for hydroxylation is 2. The first-order valence-corrected chi connectivity index (χ1v) is 7.57. The Morgan fingerprint density at radius 2 is 2.00 bits per heavy atom. The Kier molecular flexibility index (Phi) is 6.14. The smallest absolute Gasteiger partial charge is 0.0900 e. The van der Waals surface area contributed by atoms with Crippen molar-refractivity contribution in [3.8, 4) is 0 Å². The standard InChI is InChI=1S/C14H26N2S/c1-6-8-15-13(9-10(3)7-2)14-11(4)16-12(5)17-14/h10,13,15H,6-9H2,1-5H3. The Hall–Kier alpha value is -0.410. The molecule has 0 aliphatic rings. The highest BCUT2D eigenvalue weighted by Crippen LogP contribution is 2.30. The van der Waals surface area contributed by atoms with E-state index in [2.05, 4.69) is 44.9 Å². The van der Waals surface area contributed by atoms with Gasteiger partial charge in [0.1, 0.15) is 0 Å². The lowest BCUT2D eigenvalue weighted by atomic mass is 9.97. The summed E-state index contributed by atoms with van der Waals surface area (Å²) >= 11 is 1.85. The van der Waals surface area contributed by atoms with Crippen LogP contribution in [0.15, 0.2) is 0 Å². The largest absolute Gasteiger partial charge is 0.309 e. The van der Waals surface area contributed by atoms with Gasteiger partial charge in [-0.2, -0.15) is 0 Å². The molecule has 1 aromatic heterocycles. The van der Waals surface area contributed by atoms with Gasteiger partial charge in [0.15, 0.2) is 0 Å². The average molecular weight is 254 g/mol. The molecule has 98 valence electrons. The number of aromatic nitrogens is 1. The third kappa shape index (κ3) is 4.40. The minimum absolute atomic E-state index is 0.496. The predicted molar refractivity (Wildman–Crippen MR) is 76.7 cm³/mol. The zero-order valence-corrected chi connectivity index (χ0v) is 12.7. The molecule has 0 bridgehead atoms. The molecule has 0 spiro atoms. The van der Waals surface area contributed by atoms with E-state index in [0.29, 0.717) is 6.04 Å². The first-order valence-electron chi connectivity index (χ1n) is 6.75. The summed E-state index contributed by atoms with van der Waals surface area (Å²) in [5.74, 6) is 0.770. The normalized spacial score (nSPS) is 14.9. The second-order valence-electron chi connectivity index (χ2n) is 4.94. The lowest BCUT2D eigenvalue weighted by molar-refractivity contribution is 0.405. The Morgan fingerprint density at radius 3 is 2.47 bits per heavy atom. The number of hydrogen-bond donors (Lipinski definition) is 1. The summed E-state index contributed by atoms with van der Waals surface area (Å²) in [5.41, 5.74) is 1.21. The van der Waals surface area contributed by atoms with Gasteiger partial charge in [-0.1, -0.05) is 27.2 Å². The molecular weight excluding hydrogens is 228 g/mol. The molecule has 1 aromatic rings. The van der Waals surface area contributed by atoms with Crippen molar-refractivity contribution in [2.75, 3.05) is 6.54 Å². The van der Waals surface area contributed by atoms with Crippen LogP contribution in [0.25, 0.3) is 0 Å². The van der Waals surface area contributed by atoms with Gasteiger partial charge in [0.05, 0.1) is 10.7 Å². The number of nitrogens with one attached hydrogen (secondary N) is 1. The molecule has 1 heterocycles. The first kappa shape index (κ1) is 14.7. The van der Waals surface area contributed by atoms with Gasteiger partial charge in [0.2, 0.25) is 0 Å². The third-order valence-electron chi connectivity index (χ3n) is 3.23. The molecule has 0 radical (unpaired) electrons. The lowest BCUT2D eigenvalue weighted by Crippen LogP contribution is -2.23. The highest BCUT2D eigenvalue weighted by atomic mass is 32.1. The molecule has 1 N–H and O–H groups in total. The maximum absolute atomic E-state index is 4.55. The van der Waals surface area contributed by atoms with Crippen LogP contribution in [0.2, 0.25) is 0 Å². The Balaban J connectivity index is 2.77. The number of hydrogen-bond acceptors (Lipinski definition) is 3. The van der Waals surface area contributed by atoms with Crippen LogP contribution in [-0.2, 0) is 0 Å². The Bertz CT molecular complexity index is 333. The van der Waals surface area contributed by atoms with Crippen molar-refractivity contribution in [2.45, 2.75) is 59.9 Å². The molecule has 2 atom stereocenters. The highest BCUT2D eigenvalue weighted by molar-refractivity contribution is 7.11. The zero-order chi connectivity index (χ0) is 12.8. The zero-order valence-electron chi connectivity index (χ0n) is 11.8. The number of thiazole rings is 1. The van der Waals surface area contributed by atoms with E-state index in [1.54, 1.807) is 0 Å². The molecule has 0 saturated heterocycles. The minimum Gasteiger partial charge on any atom is -0.309 e. The summed E-state index contributed by atoms with van der Waals surface area (Å²) in [7, 11) is 0. The quantitative estimate of drug-likeness (QED) is 0.787. The van der Waals surface area contributed by atoms with Crippen LogP contribution in [0.5, 0.6) is 0 Å². The summed E-state index contributed by atoms with van der Waals surface area (Å²) in [6.45, 7) is 12.2. The average Bonchev–Trinajstić information content (AvgIpc) is 2.63. The van der Waals surface area contributed by atoms with Gasteiger partial charge in [-0.15, -0.1) is 11.3 Å². The van der Waals surface area contributed by atoms with Crippen molar-refractivity contribution in [3.05, 3.63) is 15.6 Å². The fraction of sp³-hybridized carbons (Fsp3) is 0.786. The number of rotatable bonds is 7. The maximum Gasteiger partial charge on any atom is 0.0900 e. The van der Waals surface area contributed by atoms with Gasteiger partial charge in [0.25, 0.3) is 0 Å². The summed E-state index contributed by atoms with van der Waals surface area (Å²) in [5, 5.41) is 4.86. The van der Waals surface area contributed by atoms with Crippen LogP contribution in [0, 0.1) is 19.8 Å². The summed E-state index contributed by atoms with van der Waals surface area (Å²) in [4.78, 5) is 5.99. The summed E-state index contributed by atoms with van der Waals surface area (Å²) in [6, 6.07) is 0.496. The second-order valence-corrected chi connectivity index (χ2v) is 6.17. The molecule has 0 aromatic carbocycles. The molecule has 0 aliphatic heterocycles. The molecule has 17 heavy (non-hydrogen) atoms. The van der Waals surface area contributed by atoms with Crippen LogP contribution in [-0.4, -0.2) is 11.5 Å². The van der Waals surface area contributed by atoms with Crippen molar-refractivity contribution in [1.82, 2.24) is 10.3 Å². The van der Waals surface area contributed by atoms with Crippen molar-refractivity contribution in [3.63, 3.8) is 0 Å². The number of nitrogens with zero attached hydrogens (tertiary/aromatic N) is 1. The maximum atomic E-state index is 4.55. The lowest BCUT2D eigenvalue weighted by Gasteiger charge is -2.21. The van der Waals surface area contributed by atoms with Crippen LogP contribution in [0.4, 0.5) is 0 Å². The van der Waals surface area contributed by atoms with E-state index >= 15 is 0 Å². The van der Waals surface area contributed by atoms with Gasteiger partial charge in [-0.05, 0) is 39.2 Å². The van der Waals surface area contributed by atoms with E-state index in [4.69, 9.17) is 0 Å². The third-order valence-corrected chi connectivity index (χ3v) is 4.42. The molecule has 3 heteroatoms. The minimum atomic E-state index is 0.496. The molecular formula is C14H26N2S. The van der Waals surface area contributed by atoms with E-state index in [0.717, 1.165) is 12.5 Å². The van der Waals surface area contributed by atoms with Gasteiger partial charge >= 0.3 is 0 Å². The fourth-order valence-corrected chi connectivity index (χ4v) is 3.06. The van der Waals surface area contributed by atoms with E-state index in [9.17, 15) is 0 Å².